The fourth-order valence-corrected chi connectivity index (χ4v) is 1.71. The minimum atomic E-state index is 0.567. The lowest BCUT2D eigenvalue weighted by Crippen LogP contribution is -2.25. The summed E-state index contributed by atoms with van der Waals surface area (Å²) in [6.07, 6.45) is 1.08. The minimum Gasteiger partial charge on any atom is -0.381 e. The molecule has 0 amide bonds. The van der Waals surface area contributed by atoms with E-state index in [-0.39, 0.29) is 0 Å². The predicted molar refractivity (Wildman–Crippen MR) is 64.1 cm³/mol. The van der Waals surface area contributed by atoms with Crippen molar-refractivity contribution >= 4 is 0 Å². The van der Waals surface area contributed by atoms with Gasteiger partial charge in [0.2, 0.25) is 0 Å². The van der Waals surface area contributed by atoms with Crippen molar-refractivity contribution in [3.63, 3.8) is 0 Å². The van der Waals surface area contributed by atoms with Crippen molar-refractivity contribution < 1.29 is 4.74 Å². The SMILES string of the molecule is CCOCC(CNC)Cc1ccccc1. The summed E-state index contributed by atoms with van der Waals surface area (Å²) in [5, 5.41) is 3.22. The van der Waals surface area contributed by atoms with Crippen LogP contribution < -0.4 is 5.32 Å². The molecule has 0 aliphatic carbocycles. The zero-order valence-corrected chi connectivity index (χ0v) is 9.70. The van der Waals surface area contributed by atoms with Gasteiger partial charge in [0.05, 0.1) is 6.61 Å². The molecule has 0 bridgehead atoms. The molecule has 0 aliphatic rings. The molecule has 1 aromatic rings. The van der Waals surface area contributed by atoms with Gasteiger partial charge in [-0.3, -0.25) is 0 Å². The number of nitrogens with one attached hydrogen (secondary N) is 1. The Kier molecular flexibility index (Phi) is 6.05. The molecule has 1 atom stereocenters. The molecule has 0 saturated heterocycles. The highest BCUT2D eigenvalue weighted by atomic mass is 16.5. The Morgan fingerprint density at radius 3 is 2.60 bits per heavy atom. The van der Waals surface area contributed by atoms with Crippen molar-refractivity contribution in [2.24, 2.45) is 5.92 Å². The molecule has 1 N–H and O–H groups in total. The molecule has 0 radical (unpaired) electrons. The van der Waals surface area contributed by atoms with Crippen LogP contribution in [0.1, 0.15) is 12.5 Å². The largest absolute Gasteiger partial charge is 0.381 e. The van der Waals surface area contributed by atoms with Crippen LogP contribution in [0, 0.1) is 5.92 Å². The number of benzene rings is 1. The second-order valence-electron chi connectivity index (χ2n) is 3.77. The number of rotatable bonds is 7. The Bertz CT molecular complexity index is 248. The van der Waals surface area contributed by atoms with Gasteiger partial charge in [0.15, 0.2) is 0 Å². The first kappa shape index (κ1) is 12.2. The maximum atomic E-state index is 5.48. The number of hydrogen-bond donors (Lipinski definition) is 1. The van der Waals surface area contributed by atoms with E-state index in [1.54, 1.807) is 0 Å². The fourth-order valence-electron chi connectivity index (χ4n) is 1.71. The average molecular weight is 207 g/mol. The van der Waals surface area contributed by atoms with Crippen molar-refractivity contribution in [1.82, 2.24) is 5.32 Å². The topological polar surface area (TPSA) is 21.3 Å². The molecule has 2 nitrogen and oxygen atoms in total. The second kappa shape index (κ2) is 7.43. The van der Waals surface area contributed by atoms with Crippen LogP contribution in [0.4, 0.5) is 0 Å². The minimum absolute atomic E-state index is 0.567. The lowest BCUT2D eigenvalue weighted by atomic mass is 10.0. The van der Waals surface area contributed by atoms with E-state index in [0.717, 1.165) is 26.2 Å². The molecule has 0 aliphatic heterocycles. The maximum Gasteiger partial charge on any atom is 0.0509 e. The smallest absolute Gasteiger partial charge is 0.0509 e. The highest BCUT2D eigenvalue weighted by Gasteiger charge is 2.08. The average Bonchev–Trinajstić information content (AvgIpc) is 2.28. The van der Waals surface area contributed by atoms with Crippen molar-refractivity contribution in [3.05, 3.63) is 35.9 Å². The van der Waals surface area contributed by atoms with Crippen LogP contribution in [0.15, 0.2) is 30.3 Å². The van der Waals surface area contributed by atoms with E-state index in [2.05, 4.69) is 35.6 Å². The molecular weight excluding hydrogens is 186 g/mol. The lowest BCUT2D eigenvalue weighted by molar-refractivity contribution is 0.110. The van der Waals surface area contributed by atoms with E-state index in [4.69, 9.17) is 4.74 Å². The summed E-state index contributed by atoms with van der Waals surface area (Å²) in [4.78, 5) is 0. The van der Waals surface area contributed by atoms with Gasteiger partial charge in [-0.25, -0.2) is 0 Å². The molecule has 0 saturated carbocycles. The molecule has 2 heteroatoms. The Morgan fingerprint density at radius 2 is 2.00 bits per heavy atom. The van der Waals surface area contributed by atoms with Gasteiger partial charge in [-0.05, 0) is 31.9 Å². The van der Waals surface area contributed by atoms with E-state index in [0.29, 0.717) is 5.92 Å². The standard InChI is InChI=1S/C13H21NO/c1-3-15-11-13(10-14-2)9-12-7-5-4-6-8-12/h4-8,13-14H,3,9-11H2,1-2H3. The van der Waals surface area contributed by atoms with E-state index < -0.39 is 0 Å². The van der Waals surface area contributed by atoms with Crippen molar-refractivity contribution in [2.75, 3.05) is 26.8 Å². The first-order chi connectivity index (χ1) is 7.36. The summed E-state index contributed by atoms with van der Waals surface area (Å²) in [6, 6.07) is 10.6. The molecule has 0 aromatic heterocycles. The summed E-state index contributed by atoms with van der Waals surface area (Å²) in [7, 11) is 1.99. The van der Waals surface area contributed by atoms with Crippen molar-refractivity contribution in [2.45, 2.75) is 13.3 Å². The van der Waals surface area contributed by atoms with Crippen LogP contribution in [-0.4, -0.2) is 26.8 Å². The van der Waals surface area contributed by atoms with Crippen LogP contribution in [0.25, 0.3) is 0 Å². The zero-order valence-electron chi connectivity index (χ0n) is 9.70. The van der Waals surface area contributed by atoms with Crippen LogP contribution >= 0.6 is 0 Å². The quantitative estimate of drug-likeness (QED) is 0.739. The normalized spacial score (nSPS) is 12.7. The molecule has 0 fully saturated rings. The van der Waals surface area contributed by atoms with Gasteiger partial charge >= 0.3 is 0 Å². The summed E-state index contributed by atoms with van der Waals surface area (Å²) >= 11 is 0. The lowest BCUT2D eigenvalue weighted by Gasteiger charge is -2.16. The first-order valence-electron chi connectivity index (χ1n) is 5.63. The monoisotopic (exact) mass is 207 g/mol. The van der Waals surface area contributed by atoms with Gasteiger partial charge in [0.25, 0.3) is 0 Å². The fraction of sp³-hybridized carbons (Fsp3) is 0.538. The van der Waals surface area contributed by atoms with E-state index in [1.807, 2.05) is 14.0 Å². The summed E-state index contributed by atoms with van der Waals surface area (Å²) in [5.74, 6) is 0.567. The summed E-state index contributed by atoms with van der Waals surface area (Å²) < 4.78 is 5.48. The molecule has 15 heavy (non-hydrogen) atoms. The van der Waals surface area contributed by atoms with E-state index in [9.17, 15) is 0 Å². The summed E-state index contributed by atoms with van der Waals surface area (Å²) in [5.41, 5.74) is 1.39. The first-order valence-corrected chi connectivity index (χ1v) is 5.63. The van der Waals surface area contributed by atoms with Gasteiger partial charge in [-0.2, -0.15) is 0 Å². The second-order valence-corrected chi connectivity index (χ2v) is 3.77. The predicted octanol–water partition coefficient (Wildman–Crippen LogP) is 2.10. The Labute approximate surface area is 92.6 Å². The van der Waals surface area contributed by atoms with Gasteiger partial charge < -0.3 is 10.1 Å². The van der Waals surface area contributed by atoms with E-state index >= 15 is 0 Å². The maximum absolute atomic E-state index is 5.48. The van der Waals surface area contributed by atoms with Gasteiger partial charge in [0, 0.05) is 13.2 Å². The van der Waals surface area contributed by atoms with Crippen LogP contribution in [0.5, 0.6) is 0 Å². The van der Waals surface area contributed by atoms with Crippen LogP contribution in [-0.2, 0) is 11.2 Å². The molecular formula is C13H21NO. The van der Waals surface area contributed by atoms with Crippen molar-refractivity contribution in [3.8, 4) is 0 Å². The highest BCUT2D eigenvalue weighted by Crippen LogP contribution is 2.08. The molecule has 1 aromatic carbocycles. The van der Waals surface area contributed by atoms with Crippen LogP contribution in [0.2, 0.25) is 0 Å². The highest BCUT2D eigenvalue weighted by molar-refractivity contribution is 5.15. The molecule has 1 rings (SSSR count). The third kappa shape index (κ3) is 4.96. The third-order valence-corrected chi connectivity index (χ3v) is 2.42. The summed E-state index contributed by atoms with van der Waals surface area (Å²) in [6.45, 7) is 4.69. The van der Waals surface area contributed by atoms with Crippen molar-refractivity contribution in [1.29, 1.82) is 0 Å². The Balaban J connectivity index is 2.43. The van der Waals surface area contributed by atoms with Gasteiger partial charge in [0.1, 0.15) is 0 Å². The van der Waals surface area contributed by atoms with Gasteiger partial charge in [-0.1, -0.05) is 30.3 Å². The molecule has 0 heterocycles. The Hall–Kier alpha value is -0.860. The van der Waals surface area contributed by atoms with Crippen LogP contribution in [0.3, 0.4) is 0 Å². The number of ether oxygens (including phenoxy) is 1. The molecule has 0 spiro atoms. The zero-order chi connectivity index (χ0) is 10.9. The van der Waals surface area contributed by atoms with Gasteiger partial charge in [-0.15, -0.1) is 0 Å². The third-order valence-electron chi connectivity index (χ3n) is 2.42. The number of hydrogen-bond acceptors (Lipinski definition) is 2. The molecule has 84 valence electrons. The Morgan fingerprint density at radius 1 is 1.27 bits per heavy atom. The van der Waals surface area contributed by atoms with E-state index in [1.165, 1.54) is 5.56 Å². The molecule has 1 unspecified atom stereocenters.